The number of nitrogens with one attached hydrogen (secondary N) is 1. The van der Waals surface area contributed by atoms with E-state index in [1.165, 1.54) is 5.56 Å². The van der Waals surface area contributed by atoms with Crippen LogP contribution in [0, 0.1) is 0 Å². The fourth-order valence-electron chi connectivity index (χ4n) is 2.90. The Morgan fingerprint density at radius 3 is 2.56 bits per heavy atom. The van der Waals surface area contributed by atoms with Crippen molar-refractivity contribution in [1.29, 1.82) is 0 Å². The van der Waals surface area contributed by atoms with Crippen LogP contribution in [-0.4, -0.2) is 21.1 Å². The molecule has 0 atom stereocenters. The SMILES string of the molecule is CC(C)Oc1cc2[nH]c(Cc3ccccc3)nc2cc1Sc1ccncc1. The van der Waals surface area contributed by atoms with Crippen LogP contribution in [0.3, 0.4) is 0 Å². The van der Waals surface area contributed by atoms with Crippen LogP contribution in [0.15, 0.2) is 76.8 Å². The maximum absolute atomic E-state index is 6.07. The van der Waals surface area contributed by atoms with Crippen LogP contribution in [0.4, 0.5) is 0 Å². The molecule has 2 aromatic carbocycles. The Morgan fingerprint density at radius 1 is 1.04 bits per heavy atom. The number of benzene rings is 2. The van der Waals surface area contributed by atoms with Gasteiger partial charge in [-0.05, 0) is 37.6 Å². The highest BCUT2D eigenvalue weighted by Gasteiger charge is 2.13. The number of nitrogens with zero attached hydrogens (tertiary/aromatic N) is 2. The van der Waals surface area contributed by atoms with E-state index < -0.39 is 0 Å². The molecule has 0 aliphatic rings. The summed E-state index contributed by atoms with van der Waals surface area (Å²) in [5.41, 5.74) is 3.19. The average Bonchev–Trinajstić information content (AvgIpc) is 3.04. The van der Waals surface area contributed by atoms with E-state index >= 15 is 0 Å². The van der Waals surface area contributed by atoms with E-state index in [0.717, 1.165) is 38.8 Å². The van der Waals surface area contributed by atoms with Gasteiger partial charge in [0.1, 0.15) is 11.6 Å². The lowest BCUT2D eigenvalue weighted by atomic mass is 10.1. The van der Waals surface area contributed by atoms with Gasteiger partial charge in [-0.25, -0.2) is 4.98 Å². The highest BCUT2D eigenvalue weighted by molar-refractivity contribution is 7.99. The van der Waals surface area contributed by atoms with Crippen LogP contribution >= 0.6 is 11.8 Å². The molecule has 0 bridgehead atoms. The van der Waals surface area contributed by atoms with Crippen molar-refractivity contribution in [3.8, 4) is 5.75 Å². The molecule has 0 fully saturated rings. The van der Waals surface area contributed by atoms with Crippen LogP contribution in [0.5, 0.6) is 5.75 Å². The van der Waals surface area contributed by atoms with Crippen LogP contribution in [0.2, 0.25) is 0 Å². The first-order chi connectivity index (χ1) is 13.2. The third-order valence-electron chi connectivity index (χ3n) is 4.05. The Labute approximate surface area is 163 Å². The van der Waals surface area contributed by atoms with E-state index in [4.69, 9.17) is 9.72 Å². The molecule has 5 heteroatoms. The van der Waals surface area contributed by atoms with Crippen molar-refractivity contribution < 1.29 is 4.74 Å². The van der Waals surface area contributed by atoms with Gasteiger partial charge in [0.25, 0.3) is 0 Å². The number of aromatic amines is 1. The zero-order chi connectivity index (χ0) is 18.6. The number of rotatable bonds is 6. The van der Waals surface area contributed by atoms with Gasteiger partial charge in [-0.3, -0.25) is 4.98 Å². The Morgan fingerprint density at radius 2 is 1.81 bits per heavy atom. The van der Waals surface area contributed by atoms with Crippen molar-refractivity contribution in [3.05, 3.63) is 78.4 Å². The van der Waals surface area contributed by atoms with E-state index in [2.05, 4.69) is 46.4 Å². The van der Waals surface area contributed by atoms with Crippen molar-refractivity contribution in [2.75, 3.05) is 0 Å². The second kappa shape index (κ2) is 7.84. The molecule has 0 amide bonds. The van der Waals surface area contributed by atoms with Crippen LogP contribution in [0.25, 0.3) is 11.0 Å². The minimum Gasteiger partial charge on any atom is -0.490 e. The van der Waals surface area contributed by atoms with E-state index in [9.17, 15) is 0 Å². The molecule has 0 saturated heterocycles. The Hall–Kier alpha value is -2.79. The van der Waals surface area contributed by atoms with Crippen molar-refractivity contribution in [1.82, 2.24) is 15.0 Å². The van der Waals surface area contributed by atoms with Gasteiger partial charge in [0.05, 0.1) is 22.0 Å². The summed E-state index contributed by atoms with van der Waals surface area (Å²) >= 11 is 1.67. The summed E-state index contributed by atoms with van der Waals surface area (Å²) in [7, 11) is 0. The summed E-state index contributed by atoms with van der Waals surface area (Å²) in [5.74, 6) is 1.83. The fourth-order valence-corrected chi connectivity index (χ4v) is 3.79. The smallest absolute Gasteiger partial charge is 0.135 e. The monoisotopic (exact) mass is 375 g/mol. The van der Waals surface area contributed by atoms with E-state index in [1.807, 2.05) is 32.0 Å². The number of imidazole rings is 1. The normalized spacial score (nSPS) is 11.2. The lowest BCUT2D eigenvalue weighted by Gasteiger charge is -2.14. The lowest BCUT2D eigenvalue weighted by molar-refractivity contribution is 0.237. The quantitative estimate of drug-likeness (QED) is 0.484. The summed E-state index contributed by atoms with van der Waals surface area (Å²) in [5, 5.41) is 0. The molecule has 4 aromatic rings. The van der Waals surface area contributed by atoms with Crippen molar-refractivity contribution in [3.63, 3.8) is 0 Å². The molecule has 0 unspecified atom stereocenters. The summed E-state index contributed by atoms with van der Waals surface area (Å²) in [6.07, 6.45) is 4.49. The molecule has 4 nitrogen and oxygen atoms in total. The van der Waals surface area contributed by atoms with Gasteiger partial charge in [0.15, 0.2) is 0 Å². The molecule has 0 spiro atoms. The number of aromatic nitrogens is 3. The maximum Gasteiger partial charge on any atom is 0.135 e. The molecule has 0 aliphatic heterocycles. The van der Waals surface area contributed by atoms with E-state index in [1.54, 1.807) is 24.2 Å². The van der Waals surface area contributed by atoms with Gasteiger partial charge in [-0.2, -0.15) is 0 Å². The predicted octanol–water partition coefficient (Wildman–Crippen LogP) is 5.49. The third kappa shape index (κ3) is 4.31. The molecule has 0 aliphatic carbocycles. The molecule has 4 rings (SSSR count). The number of pyridine rings is 1. The lowest BCUT2D eigenvalue weighted by Crippen LogP contribution is -2.06. The van der Waals surface area contributed by atoms with Gasteiger partial charge >= 0.3 is 0 Å². The number of ether oxygens (including phenoxy) is 1. The number of hydrogen-bond acceptors (Lipinski definition) is 4. The highest BCUT2D eigenvalue weighted by Crippen LogP contribution is 2.37. The second-order valence-corrected chi connectivity index (χ2v) is 7.73. The first kappa shape index (κ1) is 17.6. The molecular formula is C22H21N3OS. The average molecular weight is 375 g/mol. The van der Waals surface area contributed by atoms with Gasteiger partial charge in [0, 0.05) is 29.8 Å². The van der Waals surface area contributed by atoms with Crippen molar-refractivity contribution >= 4 is 22.8 Å². The van der Waals surface area contributed by atoms with Crippen LogP contribution < -0.4 is 4.74 Å². The minimum atomic E-state index is 0.103. The summed E-state index contributed by atoms with van der Waals surface area (Å²) in [6.45, 7) is 4.08. The minimum absolute atomic E-state index is 0.103. The number of H-pyrrole nitrogens is 1. The fraction of sp³-hybridized carbons (Fsp3) is 0.182. The van der Waals surface area contributed by atoms with Crippen molar-refractivity contribution in [2.45, 2.75) is 36.2 Å². The van der Waals surface area contributed by atoms with E-state index in [-0.39, 0.29) is 6.10 Å². The maximum atomic E-state index is 6.07. The first-order valence-corrected chi connectivity index (χ1v) is 9.80. The second-order valence-electron chi connectivity index (χ2n) is 6.61. The number of hydrogen-bond donors (Lipinski definition) is 1. The first-order valence-electron chi connectivity index (χ1n) is 8.98. The molecule has 27 heavy (non-hydrogen) atoms. The summed E-state index contributed by atoms with van der Waals surface area (Å²) < 4.78 is 6.07. The largest absolute Gasteiger partial charge is 0.490 e. The highest BCUT2D eigenvalue weighted by atomic mass is 32.2. The molecule has 136 valence electrons. The summed E-state index contributed by atoms with van der Waals surface area (Å²) in [4.78, 5) is 14.5. The van der Waals surface area contributed by atoms with Crippen molar-refractivity contribution in [2.24, 2.45) is 0 Å². The standard InChI is InChI=1S/C22H21N3OS/c1-15(2)26-20-13-18-19(14-21(20)27-17-8-10-23-11-9-17)25-22(24-18)12-16-6-4-3-5-7-16/h3-11,13-15H,12H2,1-2H3,(H,24,25). The van der Waals surface area contributed by atoms with E-state index in [0.29, 0.717) is 0 Å². The molecular weight excluding hydrogens is 354 g/mol. The van der Waals surface area contributed by atoms with Gasteiger partial charge in [0.2, 0.25) is 0 Å². The molecule has 0 radical (unpaired) electrons. The molecule has 2 aromatic heterocycles. The molecule has 1 N–H and O–H groups in total. The Kier molecular flexibility index (Phi) is 5.12. The predicted molar refractivity (Wildman–Crippen MR) is 109 cm³/mol. The summed E-state index contributed by atoms with van der Waals surface area (Å²) in [6, 6.07) is 18.5. The Balaban J connectivity index is 1.70. The number of fused-ring (bicyclic) bond motifs is 1. The van der Waals surface area contributed by atoms with Gasteiger partial charge < -0.3 is 9.72 Å². The van der Waals surface area contributed by atoms with Crippen LogP contribution in [-0.2, 0) is 6.42 Å². The molecule has 0 saturated carbocycles. The van der Waals surface area contributed by atoms with Gasteiger partial charge in [-0.1, -0.05) is 42.1 Å². The topological polar surface area (TPSA) is 50.8 Å². The Bertz CT molecular complexity index is 1030. The van der Waals surface area contributed by atoms with Crippen LogP contribution in [0.1, 0.15) is 25.2 Å². The zero-order valence-corrected chi connectivity index (χ0v) is 16.2. The zero-order valence-electron chi connectivity index (χ0n) is 15.3. The molecule has 2 heterocycles. The van der Waals surface area contributed by atoms with Gasteiger partial charge in [-0.15, -0.1) is 0 Å². The third-order valence-corrected chi connectivity index (χ3v) is 5.10.